The van der Waals surface area contributed by atoms with Crippen molar-refractivity contribution in [2.24, 2.45) is 5.10 Å². The van der Waals surface area contributed by atoms with Crippen LogP contribution in [-0.2, 0) is 11.2 Å². The maximum Gasteiger partial charge on any atom is 0.244 e. The van der Waals surface area contributed by atoms with Gasteiger partial charge in [-0.15, -0.1) is 0 Å². The summed E-state index contributed by atoms with van der Waals surface area (Å²) in [5, 5.41) is 4.00. The minimum Gasteiger partial charge on any atom is -0.493 e. The van der Waals surface area contributed by atoms with E-state index in [1.54, 1.807) is 25.5 Å². The third kappa shape index (κ3) is 4.91. The Hall–Kier alpha value is -3.22. The molecule has 0 aliphatic carbocycles. The summed E-state index contributed by atoms with van der Waals surface area (Å²) in [5.41, 5.74) is 4.14. The summed E-state index contributed by atoms with van der Waals surface area (Å²) in [6.07, 6.45) is 1.75. The van der Waals surface area contributed by atoms with Gasteiger partial charge >= 0.3 is 0 Å². The lowest BCUT2D eigenvalue weighted by Crippen LogP contribution is -2.20. The fraction of sp³-hybridized carbons (Fsp3) is 0.300. The average Bonchev–Trinajstić information content (AvgIpc) is 2.69. The number of carbonyl (C=O) groups is 1. The Morgan fingerprint density at radius 2 is 1.96 bits per heavy atom. The monoisotopic (exact) mass is 370 g/mol. The molecule has 0 aromatic heterocycles. The number of methoxy groups -OCH3 is 1. The maximum absolute atomic E-state index is 12.1. The molecule has 1 amide bonds. The number of nitrogens with zero attached hydrogens (tertiary/aromatic N) is 1. The molecule has 0 radical (unpaired) electrons. The molecule has 2 aromatic carbocycles. The number of ether oxygens (including phenoxy) is 4. The number of benzene rings is 2. The van der Waals surface area contributed by atoms with Crippen LogP contribution in [0, 0.1) is 0 Å². The molecular formula is C20H22N2O5. The number of amides is 1. The Labute approximate surface area is 157 Å². The van der Waals surface area contributed by atoms with Crippen molar-refractivity contribution in [1.82, 2.24) is 5.43 Å². The van der Waals surface area contributed by atoms with Crippen molar-refractivity contribution < 1.29 is 23.7 Å². The fourth-order valence-electron chi connectivity index (χ4n) is 2.64. The summed E-state index contributed by atoms with van der Waals surface area (Å²) in [4.78, 5) is 12.1. The number of fused-ring (bicyclic) bond motifs is 1. The lowest BCUT2D eigenvalue weighted by Gasteiger charge is -2.18. The normalized spacial score (nSPS) is 12.7. The molecule has 0 saturated carbocycles. The first-order valence-electron chi connectivity index (χ1n) is 8.71. The number of hydrogen-bond acceptors (Lipinski definition) is 6. The maximum atomic E-state index is 12.1. The molecule has 0 atom stereocenters. The number of nitrogens with one attached hydrogen (secondary N) is 1. The van der Waals surface area contributed by atoms with Crippen LogP contribution in [0.4, 0.5) is 0 Å². The largest absolute Gasteiger partial charge is 0.493 e. The predicted molar refractivity (Wildman–Crippen MR) is 101 cm³/mol. The third-order valence-corrected chi connectivity index (χ3v) is 3.86. The van der Waals surface area contributed by atoms with Gasteiger partial charge in [0, 0.05) is 0 Å². The van der Waals surface area contributed by atoms with Crippen LogP contribution in [0.3, 0.4) is 0 Å². The summed E-state index contributed by atoms with van der Waals surface area (Å²) in [7, 11) is 1.58. The predicted octanol–water partition coefficient (Wildman–Crippen LogP) is 2.56. The van der Waals surface area contributed by atoms with Crippen LogP contribution >= 0.6 is 0 Å². The van der Waals surface area contributed by atoms with E-state index in [9.17, 15) is 4.79 Å². The third-order valence-electron chi connectivity index (χ3n) is 3.86. The molecule has 1 aliphatic heterocycles. The van der Waals surface area contributed by atoms with E-state index in [2.05, 4.69) is 10.5 Å². The fourth-order valence-corrected chi connectivity index (χ4v) is 2.64. The Bertz CT molecular complexity index is 835. The molecule has 1 N–H and O–H groups in total. The van der Waals surface area contributed by atoms with E-state index >= 15 is 0 Å². The highest BCUT2D eigenvalue weighted by Gasteiger charge is 2.13. The second-order valence-electron chi connectivity index (χ2n) is 5.79. The van der Waals surface area contributed by atoms with Gasteiger partial charge in [0.15, 0.2) is 23.0 Å². The van der Waals surface area contributed by atoms with E-state index in [0.29, 0.717) is 42.8 Å². The minimum absolute atomic E-state index is 0.195. The molecule has 3 rings (SSSR count). The zero-order valence-corrected chi connectivity index (χ0v) is 15.4. The number of carbonyl (C=O) groups excluding carboxylic acids is 1. The number of hydrazone groups is 1. The number of rotatable bonds is 7. The molecule has 0 saturated heterocycles. The lowest BCUT2D eigenvalue weighted by atomic mass is 10.1. The Morgan fingerprint density at radius 1 is 1.15 bits per heavy atom. The molecule has 27 heavy (non-hydrogen) atoms. The van der Waals surface area contributed by atoms with Crippen molar-refractivity contribution in [3.8, 4) is 23.0 Å². The zero-order chi connectivity index (χ0) is 19.1. The molecule has 0 spiro atoms. The Balaban J connectivity index is 1.57. The highest BCUT2D eigenvalue weighted by Crippen LogP contribution is 2.31. The van der Waals surface area contributed by atoms with Gasteiger partial charge < -0.3 is 18.9 Å². The van der Waals surface area contributed by atoms with E-state index in [1.807, 2.05) is 31.2 Å². The van der Waals surface area contributed by atoms with Gasteiger partial charge in [-0.05, 0) is 48.4 Å². The van der Waals surface area contributed by atoms with Crippen LogP contribution in [0.2, 0.25) is 0 Å². The van der Waals surface area contributed by atoms with Crippen molar-refractivity contribution in [1.29, 1.82) is 0 Å². The number of hydrogen-bond donors (Lipinski definition) is 1. The van der Waals surface area contributed by atoms with Crippen molar-refractivity contribution in [3.05, 3.63) is 47.5 Å². The van der Waals surface area contributed by atoms with Crippen molar-refractivity contribution in [2.75, 3.05) is 26.9 Å². The van der Waals surface area contributed by atoms with Crippen molar-refractivity contribution in [2.45, 2.75) is 13.3 Å². The molecule has 142 valence electrons. The smallest absolute Gasteiger partial charge is 0.244 e. The second kappa shape index (κ2) is 8.93. The Morgan fingerprint density at radius 3 is 2.74 bits per heavy atom. The highest BCUT2D eigenvalue weighted by atomic mass is 16.6. The first-order valence-corrected chi connectivity index (χ1v) is 8.71. The molecule has 7 nitrogen and oxygen atoms in total. The molecule has 1 heterocycles. The van der Waals surface area contributed by atoms with Gasteiger partial charge in [-0.25, -0.2) is 5.43 Å². The van der Waals surface area contributed by atoms with Crippen LogP contribution in [0.15, 0.2) is 41.5 Å². The van der Waals surface area contributed by atoms with Crippen molar-refractivity contribution >= 4 is 12.1 Å². The SMILES string of the molecule is CCOc1ccc(/C=N/NC(=O)Cc2ccc3c(c2)OCCO3)cc1OC. The summed E-state index contributed by atoms with van der Waals surface area (Å²) in [6.45, 7) is 3.52. The summed E-state index contributed by atoms with van der Waals surface area (Å²) < 4.78 is 21.8. The summed E-state index contributed by atoms with van der Waals surface area (Å²) in [5.74, 6) is 2.42. The van der Waals surface area contributed by atoms with E-state index in [1.165, 1.54) is 0 Å². The topological polar surface area (TPSA) is 78.4 Å². The van der Waals surface area contributed by atoms with E-state index in [4.69, 9.17) is 18.9 Å². The van der Waals surface area contributed by atoms with Gasteiger partial charge in [0.2, 0.25) is 5.91 Å². The summed E-state index contributed by atoms with van der Waals surface area (Å²) in [6, 6.07) is 10.9. The van der Waals surface area contributed by atoms with Gasteiger partial charge in [0.05, 0.1) is 26.4 Å². The Kier molecular flexibility index (Phi) is 6.14. The zero-order valence-electron chi connectivity index (χ0n) is 15.4. The first-order chi connectivity index (χ1) is 13.2. The van der Waals surface area contributed by atoms with Gasteiger partial charge in [-0.3, -0.25) is 4.79 Å². The van der Waals surface area contributed by atoms with Crippen LogP contribution < -0.4 is 24.4 Å². The van der Waals surface area contributed by atoms with Gasteiger partial charge in [-0.2, -0.15) is 5.10 Å². The van der Waals surface area contributed by atoms with Crippen LogP contribution in [0.25, 0.3) is 0 Å². The first kappa shape index (κ1) is 18.6. The lowest BCUT2D eigenvalue weighted by molar-refractivity contribution is -0.120. The molecule has 0 unspecified atom stereocenters. The van der Waals surface area contributed by atoms with Crippen molar-refractivity contribution in [3.63, 3.8) is 0 Å². The van der Waals surface area contributed by atoms with Gasteiger partial charge in [0.1, 0.15) is 13.2 Å². The molecule has 0 bridgehead atoms. The standard InChI is InChI=1S/C20H22N2O5/c1-3-25-16-7-5-15(11-18(16)24-2)13-21-22-20(23)12-14-4-6-17-19(10-14)27-9-8-26-17/h4-7,10-11,13H,3,8-9,12H2,1-2H3,(H,22,23)/b21-13+. The quantitative estimate of drug-likeness (QED) is 0.599. The average molecular weight is 370 g/mol. The second-order valence-corrected chi connectivity index (χ2v) is 5.79. The van der Waals surface area contributed by atoms with Gasteiger partial charge in [0.25, 0.3) is 0 Å². The van der Waals surface area contributed by atoms with Gasteiger partial charge in [-0.1, -0.05) is 6.07 Å². The van der Waals surface area contributed by atoms with Crippen LogP contribution in [0.5, 0.6) is 23.0 Å². The van der Waals surface area contributed by atoms with E-state index < -0.39 is 0 Å². The molecule has 2 aromatic rings. The minimum atomic E-state index is -0.221. The van der Waals surface area contributed by atoms with E-state index in [-0.39, 0.29) is 12.3 Å². The molecule has 1 aliphatic rings. The van der Waals surface area contributed by atoms with Crippen LogP contribution in [0.1, 0.15) is 18.1 Å². The molecular weight excluding hydrogens is 348 g/mol. The molecule has 0 fully saturated rings. The van der Waals surface area contributed by atoms with Crippen LogP contribution in [-0.4, -0.2) is 39.1 Å². The van der Waals surface area contributed by atoms with E-state index in [0.717, 1.165) is 11.1 Å². The summed E-state index contributed by atoms with van der Waals surface area (Å²) >= 11 is 0. The molecule has 7 heteroatoms. The highest BCUT2D eigenvalue weighted by molar-refractivity contribution is 5.84.